The first-order chi connectivity index (χ1) is 24.8. The first-order valence-electron chi connectivity index (χ1n) is 17.2. The summed E-state index contributed by atoms with van der Waals surface area (Å²) >= 11 is 0. The molecule has 0 aliphatic carbocycles. The van der Waals surface area contributed by atoms with Crippen molar-refractivity contribution >= 4 is 71.2 Å². The van der Waals surface area contributed by atoms with Gasteiger partial charge < -0.3 is 9.47 Å². The Kier molecular flexibility index (Phi) is 6.53. The number of hydrogen-bond acceptors (Lipinski definition) is 1. The second kappa shape index (κ2) is 11.5. The summed E-state index contributed by atoms with van der Waals surface area (Å²) in [6.45, 7) is 0. The summed E-state index contributed by atoms with van der Waals surface area (Å²) in [5.74, 6) is 0. The highest BCUT2D eigenvalue weighted by Gasteiger charge is 2.20. The molecule has 0 unspecified atom stereocenters. The van der Waals surface area contributed by atoms with E-state index in [-0.39, 0.29) is 0 Å². The third-order valence-electron chi connectivity index (χ3n) is 10.1. The van der Waals surface area contributed by atoms with Gasteiger partial charge in [-0.1, -0.05) is 140 Å². The van der Waals surface area contributed by atoms with Crippen LogP contribution in [0.5, 0.6) is 0 Å². The van der Waals surface area contributed by atoms with Crippen LogP contribution in [0.25, 0.3) is 70.9 Å². The molecule has 0 aliphatic rings. The number of fused-ring (bicyclic) bond motifs is 6. The molecule has 1 aromatic heterocycles. The van der Waals surface area contributed by atoms with Gasteiger partial charge in [0.1, 0.15) is 0 Å². The van der Waals surface area contributed by atoms with E-state index in [0.717, 1.165) is 22.7 Å². The average Bonchev–Trinajstić information content (AvgIpc) is 3.52. The van der Waals surface area contributed by atoms with E-state index in [1.165, 1.54) is 65.3 Å². The maximum atomic E-state index is 2.45. The number of nitrogens with zero attached hydrogens (tertiary/aromatic N) is 2. The molecule has 50 heavy (non-hydrogen) atoms. The van der Waals surface area contributed by atoms with Gasteiger partial charge in [0.15, 0.2) is 0 Å². The van der Waals surface area contributed by atoms with E-state index < -0.39 is 0 Å². The van der Waals surface area contributed by atoms with Gasteiger partial charge in [0.2, 0.25) is 0 Å². The molecule has 0 amide bonds. The van der Waals surface area contributed by atoms with Crippen molar-refractivity contribution in [3.63, 3.8) is 0 Å². The summed E-state index contributed by atoms with van der Waals surface area (Å²) in [6.07, 6.45) is 0. The largest absolute Gasteiger partial charge is 0.309 e. The van der Waals surface area contributed by atoms with Crippen molar-refractivity contribution < 1.29 is 0 Å². The fraction of sp³-hybridized carbons (Fsp3) is 0. The Balaban J connectivity index is 1.21. The predicted octanol–water partition coefficient (Wildman–Crippen LogP) is 13.4. The topological polar surface area (TPSA) is 8.17 Å². The van der Waals surface area contributed by atoms with E-state index in [1.807, 2.05) is 0 Å². The van der Waals surface area contributed by atoms with Gasteiger partial charge in [-0.05, 0) is 87.3 Å². The summed E-state index contributed by atoms with van der Waals surface area (Å²) in [6, 6.07) is 70.6. The summed E-state index contributed by atoms with van der Waals surface area (Å²) < 4.78 is 2.38. The molecule has 0 atom stereocenters. The summed E-state index contributed by atoms with van der Waals surface area (Å²) in [5.41, 5.74) is 9.38. The molecule has 1 heterocycles. The zero-order valence-electron chi connectivity index (χ0n) is 27.4. The highest BCUT2D eigenvalue weighted by Crippen LogP contribution is 2.45. The lowest BCUT2D eigenvalue weighted by Crippen LogP contribution is -2.11. The minimum atomic E-state index is 1.10. The first kappa shape index (κ1) is 28.4. The van der Waals surface area contributed by atoms with Crippen LogP contribution in [0.15, 0.2) is 194 Å². The lowest BCUT2D eigenvalue weighted by atomic mass is 9.94. The molecular formula is C48H32N2. The smallest absolute Gasteiger partial charge is 0.0546 e. The van der Waals surface area contributed by atoms with Crippen molar-refractivity contribution in [2.45, 2.75) is 0 Å². The molecule has 0 saturated carbocycles. The number of benzene rings is 9. The Bertz CT molecular complexity index is 2810. The van der Waals surface area contributed by atoms with Crippen LogP contribution in [0, 0.1) is 0 Å². The summed E-state index contributed by atoms with van der Waals surface area (Å²) in [4.78, 5) is 2.45. The van der Waals surface area contributed by atoms with Gasteiger partial charge in [0.25, 0.3) is 0 Å². The van der Waals surface area contributed by atoms with Crippen LogP contribution in [-0.4, -0.2) is 4.57 Å². The van der Waals surface area contributed by atoms with Crippen LogP contribution in [0.3, 0.4) is 0 Å². The SMILES string of the molecule is c1ccc2cc(-c3cccc4cccc(N(c5ccc(-n6c7ccccc7c7ccccc76)cc5)c5cccc6ccccc56)c34)ccc2c1. The number of aromatic nitrogens is 1. The second-order valence-electron chi connectivity index (χ2n) is 13.0. The molecule has 0 N–H and O–H groups in total. The molecular weight excluding hydrogens is 605 g/mol. The molecule has 0 aliphatic heterocycles. The first-order valence-corrected chi connectivity index (χ1v) is 17.2. The van der Waals surface area contributed by atoms with E-state index in [0.29, 0.717) is 0 Å². The molecule has 234 valence electrons. The van der Waals surface area contributed by atoms with Crippen molar-refractivity contribution in [2.75, 3.05) is 4.90 Å². The maximum Gasteiger partial charge on any atom is 0.0546 e. The van der Waals surface area contributed by atoms with E-state index in [1.54, 1.807) is 0 Å². The molecule has 0 saturated heterocycles. The van der Waals surface area contributed by atoms with Crippen molar-refractivity contribution in [2.24, 2.45) is 0 Å². The monoisotopic (exact) mass is 636 g/mol. The number of anilines is 3. The van der Waals surface area contributed by atoms with Crippen LogP contribution in [-0.2, 0) is 0 Å². The van der Waals surface area contributed by atoms with Crippen molar-refractivity contribution in [3.8, 4) is 16.8 Å². The number of hydrogen-bond donors (Lipinski definition) is 0. The normalized spacial score (nSPS) is 11.6. The Hall–Kier alpha value is -6.64. The molecule has 0 bridgehead atoms. The van der Waals surface area contributed by atoms with Crippen LogP contribution < -0.4 is 4.90 Å². The van der Waals surface area contributed by atoms with Gasteiger partial charge in [0.05, 0.1) is 22.4 Å². The number of para-hydroxylation sites is 2. The van der Waals surface area contributed by atoms with Crippen molar-refractivity contribution in [1.29, 1.82) is 0 Å². The minimum absolute atomic E-state index is 1.10. The van der Waals surface area contributed by atoms with E-state index in [9.17, 15) is 0 Å². The second-order valence-corrected chi connectivity index (χ2v) is 13.0. The maximum absolute atomic E-state index is 2.45. The van der Waals surface area contributed by atoms with Gasteiger partial charge >= 0.3 is 0 Å². The molecule has 2 heteroatoms. The molecule has 10 aromatic rings. The standard InChI is InChI=1S/C48H32N2/c1-2-14-36-32-37(27-26-33(36)12-1)41-21-9-16-35-17-11-25-47(48(35)41)50(44-24-10-15-34-13-3-4-18-40(34)44)39-30-28-38(29-31-39)49-45-22-7-5-19-42(45)43-20-6-8-23-46(43)49/h1-32H. The average molecular weight is 637 g/mol. The quantitative estimate of drug-likeness (QED) is 0.182. The molecule has 9 aromatic carbocycles. The third-order valence-corrected chi connectivity index (χ3v) is 10.1. The van der Waals surface area contributed by atoms with Gasteiger partial charge in [0, 0.05) is 32.9 Å². The van der Waals surface area contributed by atoms with Gasteiger partial charge in [-0.25, -0.2) is 0 Å². The minimum Gasteiger partial charge on any atom is -0.309 e. The van der Waals surface area contributed by atoms with Crippen LogP contribution >= 0.6 is 0 Å². The van der Waals surface area contributed by atoms with Crippen LogP contribution in [0.4, 0.5) is 17.1 Å². The molecule has 0 fully saturated rings. The zero-order valence-corrected chi connectivity index (χ0v) is 27.4. The van der Waals surface area contributed by atoms with Gasteiger partial charge in [-0.15, -0.1) is 0 Å². The molecule has 10 rings (SSSR count). The molecule has 0 radical (unpaired) electrons. The number of rotatable bonds is 5. The van der Waals surface area contributed by atoms with Gasteiger partial charge in [-0.3, -0.25) is 0 Å². The summed E-state index contributed by atoms with van der Waals surface area (Å²) in [7, 11) is 0. The van der Waals surface area contributed by atoms with E-state index in [4.69, 9.17) is 0 Å². The summed E-state index contributed by atoms with van der Waals surface area (Å²) in [5, 5.41) is 9.88. The Morgan fingerprint density at radius 2 is 0.920 bits per heavy atom. The van der Waals surface area contributed by atoms with E-state index in [2.05, 4.69) is 204 Å². The van der Waals surface area contributed by atoms with Crippen LogP contribution in [0.1, 0.15) is 0 Å². The Morgan fingerprint density at radius 3 is 1.66 bits per heavy atom. The highest BCUT2D eigenvalue weighted by molar-refractivity contribution is 6.11. The van der Waals surface area contributed by atoms with Crippen molar-refractivity contribution in [1.82, 2.24) is 4.57 Å². The van der Waals surface area contributed by atoms with E-state index >= 15 is 0 Å². The van der Waals surface area contributed by atoms with Crippen molar-refractivity contribution in [3.05, 3.63) is 194 Å². The fourth-order valence-corrected chi connectivity index (χ4v) is 7.87. The lowest BCUT2D eigenvalue weighted by Gasteiger charge is -2.29. The third kappa shape index (κ3) is 4.50. The lowest BCUT2D eigenvalue weighted by molar-refractivity contribution is 1.17. The highest BCUT2D eigenvalue weighted by atomic mass is 15.1. The fourth-order valence-electron chi connectivity index (χ4n) is 7.87. The predicted molar refractivity (Wildman–Crippen MR) is 213 cm³/mol. The molecule has 2 nitrogen and oxygen atoms in total. The molecule has 0 spiro atoms. The van der Waals surface area contributed by atoms with Gasteiger partial charge in [-0.2, -0.15) is 0 Å². The zero-order chi connectivity index (χ0) is 33.0. The Labute approximate surface area is 290 Å². The van der Waals surface area contributed by atoms with Crippen LogP contribution in [0.2, 0.25) is 0 Å². The Morgan fingerprint density at radius 1 is 0.360 bits per heavy atom.